The highest BCUT2D eigenvalue weighted by molar-refractivity contribution is 7.71. The second-order valence-corrected chi connectivity index (χ2v) is 6.01. The molecule has 2 aromatic carbocycles. The Bertz CT molecular complexity index is 949. The van der Waals surface area contributed by atoms with Crippen molar-refractivity contribution in [3.63, 3.8) is 0 Å². The zero-order valence-corrected chi connectivity index (χ0v) is 13.8. The maximum absolute atomic E-state index is 13.3. The van der Waals surface area contributed by atoms with E-state index in [0.29, 0.717) is 22.3 Å². The lowest BCUT2D eigenvalue weighted by Crippen LogP contribution is -2.04. The van der Waals surface area contributed by atoms with E-state index in [9.17, 15) is 13.9 Å². The maximum Gasteiger partial charge on any atom is 0.159 e. The van der Waals surface area contributed by atoms with Gasteiger partial charge in [-0.05, 0) is 41.8 Å². The summed E-state index contributed by atoms with van der Waals surface area (Å²) in [7, 11) is 0. The van der Waals surface area contributed by atoms with Crippen LogP contribution in [0.3, 0.4) is 0 Å². The Morgan fingerprint density at radius 2 is 1.62 bits per heavy atom. The van der Waals surface area contributed by atoms with E-state index in [1.807, 2.05) is 35.0 Å². The topological polar surface area (TPSA) is 25.2 Å². The fraction of sp³-hybridized carbons (Fsp3) is 0.105. The average molecular weight is 343 g/mol. The van der Waals surface area contributed by atoms with Crippen molar-refractivity contribution in [1.29, 1.82) is 0 Å². The Kier molecular flexibility index (Phi) is 4.44. The fourth-order valence-electron chi connectivity index (χ4n) is 2.51. The number of rotatable bonds is 3. The molecule has 3 rings (SSSR count). The number of aromatic hydroxyl groups is 1. The lowest BCUT2D eigenvalue weighted by atomic mass is 10.0. The minimum Gasteiger partial charge on any atom is -0.505 e. The third-order valence-electron chi connectivity index (χ3n) is 3.97. The summed E-state index contributed by atoms with van der Waals surface area (Å²) in [6, 6.07) is 13.1. The predicted molar refractivity (Wildman–Crippen MR) is 92.6 cm³/mol. The van der Waals surface area contributed by atoms with Gasteiger partial charge in [-0.15, -0.1) is 0 Å². The van der Waals surface area contributed by atoms with Gasteiger partial charge in [-0.1, -0.05) is 42.5 Å². The molecule has 0 radical (unpaired) electrons. The molecule has 0 fully saturated rings. The molecule has 0 aliphatic carbocycles. The molecule has 0 unspecified atom stereocenters. The van der Waals surface area contributed by atoms with Gasteiger partial charge in [0.1, 0.15) is 0 Å². The molecule has 1 aromatic heterocycles. The Morgan fingerprint density at radius 3 is 2.29 bits per heavy atom. The van der Waals surface area contributed by atoms with Crippen molar-refractivity contribution in [3.8, 4) is 16.9 Å². The van der Waals surface area contributed by atoms with Gasteiger partial charge in [0.25, 0.3) is 0 Å². The molecule has 2 nitrogen and oxygen atoms in total. The van der Waals surface area contributed by atoms with E-state index in [1.54, 1.807) is 19.1 Å². The van der Waals surface area contributed by atoms with Gasteiger partial charge >= 0.3 is 0 Å². The van der Waals surface area contributed by atoms with Gasteiger partial charge in [-0.2, -0.15) is 0 Å². The van der Waals surface area contributed by atoms with Crippen LogP contribution in [-0.2, 0) is 6.54 Å². The lowest BCUT2D eigenvalue weighted by molar-refractivity contribution is 0.458. The standard InChI is InChI=1S/C19H15F2NOS/c1-12-19(23)18(24)8-9-22(12)11-13-2-4-14(5-3-13)15-6-7-16(20)17(21)10-15/h2-10,23H,11H2,1H3. The van der Waals surface area contributed by atoms with Crippen LogP contribution in [0.2, 0.25) is 0 Å². The molecule has 0 atom stereocenters. The highest BCUT2D eigenvalue weighted by Crippen LogP contribution is 2.23. The number of aromatic nitrogens is 1. The summed E-state index contributed by atoms with van der Waals surface area (Å²) >= 11 is 5.04. The first-order chi connectivity index (χ1) is 11.5. The lowest BCUT2D eigenvalue weighted by Gasteiger charge is -2.12. The Hall–Kier alpha value is -2.53. The Labute approximate surface area is 143 Å². The summed E-state index contributed by atoms with van der Waals surface area (Å²) in [4.78, 5) is 0. The molecular weight excluding hydrogens is 328 g/mol. The van der Waals surface area contributed by atoms with Crippen molar-refractivity contribution in [2.45, 2.75) is 13.5 Å². The van der Waals surface area contributed by atoms with Gasteiger partial charge in [0.05, 0.1) is 10.2 Å². The second-order valence-electron chi connectivity index (χ2n) is 5.57. The Balaban J connectivity index is 1.86. The Morgan fingerprint density at radius 1 is 0.958 bits per heavy atom. The number of nitrogens with zero attached hydrogens (tertiary/aromatic N) is 1. The number of hydrogen-bond donors (Lipinski definition) is 1. The molecule has 3 aromatic rings. The zero-order chi connectivity index (χ0) is 17.3. The first-order valence-corrected chi connectivity index (χ1v) is 7.80. The van der Waals surface area contributed by atoms with Crippen LogP contribution in [0.4, 0.5) is 8.78 Å². The highest BCUT2D eigenvalue weighted by Gasteiger charge is 2.06. The highest BCUT2D eigenvalue weighted by atomic mass is 32.1. The van der Waals surface area contributed by atoms with Crippen molar-refractivity contribution in [3.05, 3.63) is 82.1 Å². The molecule has 0 amide bonds. The minimum atomic E-state index is -0.859. The molecular formula is C19H15F2NOS. The molecule has 0 saturated heterocycles. The second kappa shape index (κ2) is 6.53. The van der Waals surface area contributed by atoms with Crippen LogP contribution < -0.4 is 0 Å². The van der Waals surface area contributed by atoms with Crippen LogP contribution in [-0.4, -0.2) is 9.67 Å². The quantitative estimate of drug-likeness (QED) is 0.659. The summed E-state index contributed by atoms with van der Waals surface area (Å²) in [6.07, 6.45) is 1.83. The van der Waals surface area contributed by atoms with Crippen LogP contribution in [0.5, 0.6) is 5.75 Å². The molecule has 0 spiro atoms. The third kappa shape index (κ3) is 3.21. The minimum absolute atomic E-state index is 0.117. The SMILES string of the molecule is Cc1c(O)c(=S)ccn1Cc1ccc(-c2ccc(F)c(F)c2)cc1. The summed E-state index contributed by atoms with van der Waals surface area (Å²) in [6.45, 7) is 2.38. The average Bonchev–Trinajstić information content (AvgIpc) is 2.58. The smallest absolute Gasteiger partial charge is 0.159 e. The molecule has 5 heteroatoms. The fourth-order valence-corrected chi connectivity index (χ4v) is 2.72. The van der Waals surface area contributed by atoms with Crippen LogP contribution in [0.1, 0.15) is 11.3 Å². The van der Waals surface area contributed by atoms with Gasteiger partial charge in [0.2, 0.25) is 0 Å². The summed E-state index contributed by atoms with van der Waals surface area (Å²) < 4.78 is 28.7. The first kappa shape index (κ1) is 16.3. The van der Waals surface area contributed by atoms with E-state index in [2.05, 4.69) is 0 Å². The zero-order valence-electron chi connectivity index (χ0n) is 13.0. The predicted octanol–water partition coefficient (Wildman–Crippen LogP) is 5.23. The summed E-state index contributed by atoms with van der Waals surface area (Å²) in [5.41, 5.74) is 3.15. The molecule has 1 N–H and O–H groups in total. The van der Waals surface area contributed by atoms with E-state index < -0.39 is 11.6 Å². The van der Waals surface area contributed by atoms with Crippen molar-refractivity contribution in [2.75, 3.05) is 0 Å². The van der Waals surface area contributed by atoms with Crippen molar-refractivity contribution in [2.24, 2.45) is 0 Å². The van der Waals surface area contributed by atoms with E-state index in [0.717, 1.165) is 17.2 Å². The van der Waals surface area contributed by atoms with Crippen LogP contribution in [0, 0.1) is 23.1 Å². The maximum atomic E-state index is 13.3. The van der Waals surface area contributed by atoms with Gasteiger partial charge in [-0.3, -0.25) is 0 Å². The number of benzene rings is 2. The summed E-state index contributed by atoms with van der Waals surface area (Å²) in [5.74, 6) is -1.60. The molecule has 0 aliphatic heterocycles. The molecule has 24 heavy (non-hydrogen) atoms. The van der Waals surface area contributed by atoms with Gasteiger partial charge in [0, 0.05) is 12.7 Å². The van der Waals surface area contributed by atoms with Gasteiger partial charge < -0.3 is 9.67 Å². The number of halogens is 2. The molecule has 0 aliphatic rings. The van der Waals surface area contributed by atoms with Crippen LogP contribution >= 0.6 is 12.2 Å². The van der Waals surface area contributed by atoms with E-state index >= 15 is 0 Å². The molecule has 122 valence electrons. The van der Waals surface area contributed by atoms with E-state index in [-0.39, 0.29) is 5.75 Å². The number of pyridine rings is 1. The molecule has 0 bridgehead atoms. The van der Waals surface area contributed by atoms with E-state index in [4.69, 9.17) is 12.2 Å². The van der Waals surface area contributed by atoms with Gasteiger partial charge in [0.15, 0.2) is 17.4 Å². The van der Waals surface area contributed by atoms with E-state index in [1.165, 1.54) is 6.07 Å². The first-order valence-electron chi connectivity index (χ1n) is 7.39. The molecule has 0 saturated carbocycles. The molecule has 1 heterocycles. The third-order valence-corrected chi connectivity index (χ3v) is 4.30. The summed E-state index contributed by atoms with van der Waals surface area (Å²) in [5, 5.41) is 9.92. The van der Waals surface area contributed by atoms with Crippen LogP contribution in [0.15, 0.2) is 54.7 Å². The van der Waals surface area contributed by atoms with Crippen LogP contribution in [0.25, 0.3) is 11.1 Å². The van der Waals surface area contributed by atoms with Crippen molar-refractivity contribution < 1.29 is 13.9 Å². The van der Waals surface area contributed by atoms with Gasteiger partial charge in [-0.25, -0.2) is 8.78 Å². The monoisotopic (exact) mass is 343 g/mol. The van der Waals surface area contributed by atoms with Crippen molar-refractivity contribution in [1.82, 2.24) is 4.57 Å². The normalized spacial score (nSPS) is 10.8. The number of hydrogen-bond acceptors (Lipinski definition) is 2. The largest absolute Gasteiger partial charge is 0.505 e. The van der Waals surface area contributed by atoms with Crippen molar-refractivity contribution >= 4 is 12.2 Å².